The molecule has 10 heteroatoms. The molecule has 3 heterocycles. The number of nitrogens with zero attached hydrogens (tertiary/aromatic N) is 2. The van der Waals surface area contributed by atoms with Crippen LogP contribution < -0.4 is 10.0 Å². The summed E-state index contributed by atoms with van der Waals surface area (Å²) < 4.78 is 33.0. The summed E-state index contributed by atoms with van der Waals surface area (Å²) >= 11 is 1.28. The zero-order chi connectivity index (χ0) is 17.9. The number of likely N-dealkylation sites (tertiary alicyclic amines) is 1. The highest BCUT2D eigenvalue weighted by Gasteiger charge is 2.42. The summed E-state index contributed by atoms with van der Waals surface area (Å²) in [5.41, 5.74) is 0.274. The highest BCUT2D eigenvalue weighted by atomic mass is 127. The molecule has 0 saturated carbocycles. The Hall–Kier alpha value is -0.430. The van der Waals surface area contributed by atoms with Gasteiger partial charge < -0.3 is 15.0 Å². The van der Waals surface area contributed by atoms with E-state index in [-0.39, 0.29) is 29.4 Å². The molecule has 2 aliphatic rings. The SMILES string of the molecule is CN=C(NCCNS(=O)(=O)c1ccc(C)s1)N1CCC2(CCOC2)C1.I. The number of nitrogens with one attached hydrogen (secondary N) is 2. The number of halogens is 1. The average Bonchev–Trinajstić information content (AvgIpc) is 3.31. The number of rotatable bonds is 5. The monoisotopic (exact) mass is 514 g/mol. The lowest BCUT2D eigenvalue weighted by atomic mass is 9.87. The van der Waals surface area contributed by atoms with Crippen molar-refractivity contribution in [3.63, 3.8) is 0 Å². The first-order chi connectivity index (χ1) is 11.9. The van der Waals surface area contributed by atoms with Crippen LogP contribution >= 0.6 is 35.3 Å². The second-order valence-electron chi connectivity index (χ2n) is 6.71. The average molecular weight is 514 g/mol. The molecule has 3 rings (SSSR count). The maximum Gasteiger partial charge on any atom is 0.250 e. The van der Waals surface area contributed by atoms with E-state index in [1.54, 1.807) is 13.1 Å². The Morgan fingerprint density at radius 1 is 1.38 bits per heavy atom. The maximum atomic E-state index is 12.2. The number of hydrogen-bond donors (Lipinski definition) is 2. The number of ether oxygens (including phenoxy) is 1. The Morgan fingerprint density at radius 3 is 2.81 bits per heavy atom. The standard InChI is InChI=1S/C16H26N4O3S2.HI/c1-13-3-4-14(24-13)25(21,22)19-8-7-18-15(17-2)20-9-5-16(11-20)6-10-23-12-16;/h3-4,19H,5-12H2,1-2H3,(H,17,18);1H. The van der Waals surface area contributed by atoms with E-state index in [1.165, 1.54) is 11.3 Å². The third-order valence-corrected chi connectivity index (χ3v) is 7.77. The predicted octanol–water partition coefficient (Wildman–Crippen LogP) is 1.64. The minimum atomic E-state index is -3.42. The molecule has 0 bridgehead atoms. The Morgan fingerprint density at radius 2 is 2.19 bits per heavy atom. The van der Waals surface area contributed by atoms with E-state index in [2.05, 4.69) is 19.9 Å². The van der Waals surface area contributed by atoms with E-state index >= 15 is 0 Å². The molecule has 2 fully saturated rings. The summed E-state index contributed by atoms with van der Waals surface area (Å²) in [5.74, 6) is 0.829. The molecule has 148 valence electrons. The van der Waals surface area contributed by atoms with Crippen molar-refractivity contribution in [1.82, 2.24) is 14.9 Å². The van der Waals surface area contributed by atoms with Gasteiger partial charge in [0.1, 0.15) is 4.21 Å². The number of guanidine groups is 1. The molecular weight excluding hydrogens is 487 g/mol. The first-order valence-electron chi connectivity index (χ1n) is 8.54. The van der Waals surface area contributed by atoms with Gasteiger partial charge in [0.25, 0.3) is 0 Å². The summed E-state index contributed by atoms with van der Waals surface area (Å²) in [4.78, 5) is 7.56. The van der Waals surface area contributed by atoms with Crippen LogP contribution in [0.1, 0.15) is 17.7 Å². The minimum absolute atomic E-state index is 0. The second kappa shape index (κ2) is 9.18. The molecule has 1 spiro atoms. The van der Waals surface area contributed by atoms with Crippen molar-refractivity contribution in [3.8, 4) is 0 Å². The van der Waals surface area contributed by atoms with E-state index in [1.807, 2.05) is 13.0 Å². The van der Waals surface area contributed by atoms with Gasteiger partial charge >= 0.3 is 0 Å². The number of aryl methyl sites for hydroxylation is 1. The fourth-order valence-electron chi connectivity index (χ4n) is 3.41. The molecule has 0 aliphatic carbocycles. The molecule has 1 aromatic rings. The molecule has 1 atom stereocenters. The van der Waals surface area contributed by atoms with Gasteiger partial charge in [-0.3, -0.25) is 4.99 Å². The van der Waals surface area contributed by atoms with Gasteiger partial charge in [0.15, 0.2) is 5.96 Å². The van der Waals surface area contributed by atoms with Crippen molar-refractivity contribution >= 4 is 51.3 Å². The second-order valence-corrected chi connectivity index (χ2v) is 9.99. The highest BCUT2D eigenvalue weighted by Crippen LogP contribution is 2.38. The summed E-state index contributed by atoms with van der Waals surface area (Å²) in [7, 11) is -1.66. The quantitative estimate of drug-likeness (QED) is 0.270. The first kappa shape index (κ1) is 21.9. The van der Waals surface area contributed by atoms with Crippen LogP contribution in [0, 0.1) is 12.3 Å². The molecular formula is C16H27IN4O3S2. The normalized spacial score (nSPS) is 23.5. The van der Waals surface area contributed by atoms with Gasteiger partial charge in [0, 0.05) is 50.1 Å². The minimum Gasteiger partial charge on any atom is -0.381 e. The molecule has 0 aromatic carbocycles. The van der Waals surface area contributed by atoms with E-state index in [4.69, 9.17) is 4.74 Å². The summed E-state index contributed by atoms with van der Waals surface area (Å²) in [6.45, 7) is 6.31. The van der Waals surface area contributed by atoms with Gasteiger partial charge in [-0.25, -0.2) is 13.1 Å². The first-order valence-corrected chi connectivity index (χ1v) is 10.8. The number of thiophene rings is 1. The van der Waals surface area contributed by atoms with Crippen LogP contribution in [0.4, 0.5) is 0 Å². The lowest BCUT2D eigenvalue weighted by Crippen LogP contribution is -2.44. The van der Waals surface area contributed by atoms with Crippen molar-refractivity contribution in [3.05, 3.63) is 17.0 Å². The number of hydrogen-bond acceptors (Lipinski definition) is 5. The van der Waals surface area contributed by atoms with Gasteiger partial charge in [0.05, 0.1) is 6.61 Å². The van der Waals surface area contributed by atoms with Crippen LogP contribution in [-0.2, 0) is 14.8 Å². The summed E-state index contributed by atoms with van der Waals surface area (Å²) in [5, 5.41) is 3.26. The van der Waals surface area contributed by atoms with Gasteiger partial charge in [-0.2, -0.15) is 0 Å². The van der Waals surface area contributed by atoms with Gasteiger partial charge in [-0.1, -0.05) is 0 Å². The Labute approximate surface area is 176 Å². The zero-order valence-electron chi connectivity index (χ0n) is 15.2. The Bertz CT molecular complexity index is 730. The third-order valence-electron chi connectivity index (χ3n) is 4.82. The van der Waals surface area contributed by atoms with Crippen molar-refractivity contribution in [2.45, 2.75) is 24.0 Å². The van der Waals surface area contributed by atoms with Gasteiger partial charge in [-0.05, 0) is 31.9 Å². The topological polar surface area (TPSA) is 83.0 Å². The van der Waals surface area contributed by atoms with Crippen LogP contribution in [0.2, 0.25) is 0 Å². The van der Waals surface area contributed by atoms with Crippen molar-refractivity contribution in [1.29, 1.82) is 0 Å². The molecule has 26 heavy (non-hydrogen) atoms. The smallest absolute Gasteiger partial charge is 0.250 e. The van der Waals surface area contributed by atoms with E-state index in [9.17, 15) is 8.42 Å². The molecule has 1 unspecified atom stereocenters. The zero-order valence-corrected chi connectivity index (χ0v) is 19.1. The third kappa shape index (κ3) is 5.09. The lowest BCUT2D eigenvalue weighted by Gasteiger charge is -2.24. The Balaban J connectivity index is 0.00000243. The lowest BCUT2D eigenvalue weighted by molar-refractivity contribution is 0.156. The predicted molar refractivity (Wildman–Crippen MR) is 115 cm³/mol. The van der Waals surface area contributed by atoms with Crippen LogP contribution in [0.25, 0.3) is 0 Å². The number of sulfonamides is 1. The maximum absolute atomic E-state index is 12.2. The molecule has 7 nitrogen and oxygen atoms in total. The van der Waals surface area contributed by atoms with E-state index < -0.39 is 10.0 Å². The molecule has 1 aromatic heterocycles. The summed E-state index contributed by atoms with van der Waals surface area (Å²) in [6.07, 6.45) is 2.23. The number of aliphatic imine (C=N–C) groups is 1. The van der Waals surface area contributed by atoms with Crippen molar-refractivity contribution < 1.29 is 13.2 Å². The van der Waals surface area contributed by atoms with E-state index in [0.29, 0.717) is 17.3 Å². The molecule has 0 amide bonds. The van der Waals surface area contributed by atoms with E-state index in [0.717, 1.165) is 50.0 Å². The van der Waals surface area contributed by atoms with Crippen LogP contribution in [0.3, 0.4) is 0 Å². The van der Waals surface area contributed by atoms with Crippen LogP contribution in [0.5, 0.6) is 0 Å². The van der Waals surface area contributed by atoms with Gasteiger partial charge in [0.2, 0.25) is 10.0 Å². The van der Waals surface area contributed by atoms with Crippen molar-refractivity contribution in [2.24, 2.45) is 10.4 Å². The fourth-order valence-corrected chi connectivity index (χ4v) is 5.77. The Kier molecular flexibility index (Phi) is 7.72. The molecule has 2 aliphatic heterocycles. The van der Waals surface area contributed by atoms with Crippen LogP contribution in [0.15, 0.2) is 21.3 Å². The largest absolute Gasteiger partial charge is 0.381 e. The molecule has 2 N–H and O–H groups in total. The van der Waals surface area contributed by atoms with Crippen LogP contribution in [-0.4, -0.2) is 65.7 Å². The summed E-state index contributed by atoms with van der Waals surface area (Å²) in [6, 6.07) is 3.46. The fraction of sp³-hybridized carbons (Fsp3) is 0.688. The van der Waals surface area contributed by atoms with Gasteiger partial charge in [-0.15, -0.1) is 35.3 Å². The highest BCUT2D eigenvalue weighted by molar-refractivity contribution is 14.0. The van der Waals surface area contributed by atoms with Crippen molar-refractivity contribution in [2.75, 3.05) is 46.4 Å². The molecule has 2 saturated heterocycles. The molecule has 0 radical (unpaired) electrons.